The summed E-state index contributed by atoms with van der Waals surface area (Å²) in [6, 6.07) is 0. The highest BCUT2D eigenvalue weighted by molar-refractivity contribution is 5.90. The molecule has 0 atom stereocenters. The molecule has 0 aromatic rings. The number of halogens is 1. The Bertz CT molecular complexity index is 137. The van der Waals surface area contributed by atoms with E-state index in [4.69, 9.17) is 10.8 Å². The molecule has 0 fully saturated rings. The van der Waals surface area contributed by atoms with Crippen LogP contribution in [0.1, 0.15) is 6.92 Å². The second-order valence-electron chi connectivity index (χ2n) is 1.38. The molecule has 0 heterocycles. The zero-order valence-electron chi connectivity index (χ0n) is 4.53. The van der Waals surface area contributed by atoms with Gasteiger partial charge in [-0.2, -0.15) is 4.39 Å². The molecule has 0 bridgehead atoms. The second kappa shape index (κ2) is 3.07. The molecule has 0 spiro atoms. The Morgan fingerprint density at radius 2 is 2.12 bits per heavy atom. The molecular weight excluding hydrogens is 107 g/mol. The minimum absolute atomic E-state index is 0.442. The van der Waals surface area contributed by atoms with Gasteiger partial charge in [0.15, 0.2) is 0 Å². The summed E-state index contributed by atoms with van der Waals surface area (Å²) in [5, 5.41) is 12.8. The molecule has 8 heavy (non-hydrogen) atoms. The Hall–Kier alpha value is -0.990. The number of allylic oxidation sites excluding steroid dienone is 2. The molecule has 0 unspecified atom stereocenters. The van der Waals surface area contributed by atoms with Gasteiger partial charge in [0.2, 0.25) is 5.97 Å². The molecule has 0 rings (SSSR count). The van der Waals surface area contributed by atoms with E-state index in [1.165, 1.54) is 0 Å². The van der Waals surface area contributed by atoms with Gasteiger partial charge in [0.1, 0.15) is 0 Å². The molecule has 0 saturated carbocycles. The van der Waals surface area contributed by atoms with Crippen molar-refractivity contribution in [2.24, 2.45) is 0 Å². The van der Waals surface area contributed by atoms with Gasteiger partial charge < -0.3 is 5.41 Å². The highest BCUT2D eigenvalue weighted by atomic mass is 19.1. The van der Waals surface area contributed by atoms with E-state index in [1.54, 1.807) is 6.92 Å². The molecule has 2 nitrogen and oxygen atoms in total. The van der Waals surface area contributed by atoms with Crippen molar-refractivity contribution in [2.45, 2.75) is 6.92 Å². The van der Waals surface area contributed by atoms with Crippen LogP contribution in [-0.4, -0.2) is 12.2 Å². The Labute approximate surface area is 47.0 Å². The Balaban J connectivity index is 3.94. The summed E-state index contributed by atoms with van der Waals surface area (Å²) in [6.07, 6.45) is 1.97. The topological polar surface area (TPSA) is 47.7 Å². The maximum Gasteiger partial charge on any atom is 0.205 e. The highest BCUT2D eigenvalue weighted by Crippen LogP contribution is 1.87. The molecule has 3 heteroatoms. The van der Waals surface area contributed by atoms with E-state index in [9.17, 15) is 4.39 Å². The quantitative estimate of drug-likeness (QED) is 0.511. The molecule has 0 saturated heterocycles. The van der Waals surface area contributed by atoms with E-state index in [0.29, 0.717) is 5.57 Å². The standard InChI is InChI=1S/C5H7FN2/c1-4(3-7)2-5(6)8/h2-3,7-8H,1H3/b4-2-,7-3?,8-5?. The van der Waals surface area contributed by atoms with Crippen LogP contribution in [0.5, 0.6) is 0 Å². The molecule has 44 valence electrons. The van der Waals surface area contributed by atoms with E-state index in [0.717, 1.165) is 12.3 Å². The lowest BCUT2D eigenvalue weighted by Gasteiger charge is -1.82. The van der Waals surface area contributed by atoms with Crippen LogP contribution in [0.15, 0.2) is 11.6 Å². The van der Waals surface area contributed by atoms with E-state index >= 15 is 0 Å². The van der Waals surface area contributed by atoms with Gasteiger partial charge in [0.25, 0.3) is 0 Å². The van der Waals surface area contributed by atoms with Gasteiger partial charge in [-0.15, -0.1) is 0 Å². The minimum Gasteiger partial charge on any atom is -0.308 e. The van der Waals surface area contributed by atoms with E-state index in [1.807, 2.05) is 0 Å². The molecule has 0 aromatic carbocycles. The van der Waals surface area contributed by atoms with Gasteiger partial charge in [-0.3, -0.25) is 5.41 Å². The lowest BCUT2D eigenvalue weighted by Crippen LogP contribution is -1.81. The maximum atomic E-state index is 11.5. The monoisotopic (exact) mass is 114 g/mol. The van der Waals surface area contributed by atoms with Crippen molar-refractivity contribution < 1.29 is 4.39 Å². The first-order valence-electron chi connectivity index (χ1n) is 2.09. The summed E-state index contributed by atoms with van der Waals surface area (Å²) in [6.45, 7) is 1.56. The first-order valence-corrected chi connectivity index (χ1v) is 2.09. The van der Waals surface area contributed by atoms with Gasteiger partial charge in [-0.05, 0) is 18.6 Å². The first kappa shape index (κ1) is 7.01. The molecule has 0 radical (unpaired) electrons. The van der Waals surface area contributed by atoms with E-state index < -0.39 is 5.97 Å². The van der Waals surface area contributed by atoms with Crippen molar-refractivity contribution in [1.82, 2.24) is 0 Å². The largest absolute Gasteiger partial charge is 0.308 e. The molecule has 0 aliphatic heterocycles. The van der Waals surface area contributed by atoms with Crippen LogP contribution in [0.4, 0.5) is 4.39 Å². The lowest BCUT2D eigenvalue weighted by atomic mass is 10.3. The fraction of sp³-hybridized carbons (Fsp3) is 0.200. The minimum atomic E-state index is -1.01. The van der Waals surface area contributed by atoms with Gasteiger partial charge in [-0.1, -0.05) is 0 Å². The van der Waals surface area contributed by atoms with Crippen LogP contribution in [0.2, 0.25) is 0 Å². The number of hydrogen-bond donors (Lipinski definition) is 2. The molecule has 0 aliphatic rings. The summed E-state index contributed by atoms with van der Waals surface area (Å²) in [7, 11) is 0. The van der Waals surface area contributed by atoms with Crippen molar-refractivity contribution in [1.29, 1.82) is 10.8 Å². The summed E-state index contributed by atoms with van der Waals surface area (Å²) >= 11 is 0. The molecule has 0 aliphatic carbocycles. The van der Waals surface area contributed by atoms with Gasteiger partial charge in [-0.25, -0.2) is 0 Å². The summed E-state index contributed by atoms with van der Waals surface area (Å²) in [5.41, 5.74) is 0.442. The number of hydrogen-bond acceptors (Lipinski definition) is 2. The Kier molecular flexibility index (Phi) is 2.69. The fourth-order valence-corrected chi connectivity index (χ4v) is 0.242. The summed E-state index contributed by atoms with van der Waals surface area (Å²) < 4.78 is 11.5. The van der Waals surface area contributed by atoms with E-state index in [2.05, 4.69) is 0 Å². The zero-order valence-corrected chi connectivity index (χ0v) is 4.53. The zero-order chi connectivity index (χ0) is 6.57. The lowest BCUT2D eigenvalue weighted by molar-refractivity contribution is 0.803. The Morgan fingerprint density at radius 1 is 1.62 bits per heavy atom. The smallest absolute Gasteiger partial charge is 0.205 e. The third kappa shape index (κ3) is 3.21. The summed E-state index contributed by atoms with van der Waals surface area (Å²) in [5.74, 6) is -1.01. The third-order valence-corrected chi connectivity index (χ3v) is 0.582. The van der Waals surface area contributed by atoms with Crippen molar-refractivity contribution >= 4 is 12.2 Å². The molecular formula is C5H7FN2. The van der Waals surface area contributed by atoms with Gasteiger partial charge in [0, 0.05) is 6.21 Å². The molecule has 0 amide bonds. The Morgan fingerprint density at radius 3 is 2.25 bits per heavy atom. The van der Waals surface area contributed by atoms with Crippen LogP contribution in [0, 0.1) is 10.8 Å². The second-order valence-corrected chi connectivity index (χ2v) is 1.38. The number of rotatable bonds is 2. The van der Waals surface area contributed by atoms with Crippen LogP contribution in [0.3, 0.4) is 0 Å². The van der Waals surface area contributed by atoms with Gasteiger partial charge >= 0.3 is 0 Å². The van der Waals surface area contributed by atoms with Crippen molar-refractivity contribution in [3.05, 3.63) is 11.6 Å². The normalized spacial score (nSPS) is 11.0. The highest BCUT2D eigenvalue weighted by Gasteiger charge is 1.84. The average Bonchev–Trinajstić information content (AvgIpc) is 1.65. The maximum absolute atomic E-state index is 11.5. The van der Waals surface area contributed by atoms with Crippen LogP contribution in [-0.2, 0) is 0 Å². The fourth-order valence-electron chi connectivity index (χ4n) is 0.242. The molecule has 0 aromatic heterocycles. The van der Waals surface area contributed by atoms with Crippen LogP contribution >= 0.6 is 0 Å². The van der Waals surface area contributed by atoms with Crippen molar-refractivity contribution in [3.8, 4) is 0 Å². The van der Waals surface area contributed by atoms with Gasteiger partial charge in [0.05, 0.1) is 0 Å². The average molecular weight is 114 g/mol. The third-order valence-electron chi connectivity index (χ3n) is 0.582. The van der Waals surface area contributed by atoms with E-state index in [-0.39, 0.29) is 0 Å². The van der Waals surface area contributed by atoms with Crippen molar-refractivity contribution in [3.63, 3.8) is 0 Å². The molecule has 2 N–H and O–H groups in total. The number of nitrogens with one attached hydrogen (secondary N) is 2. The van der Waals surface area contributed by atoms with Crippen LogP contribution < -0.4 is 0 Å². The van der Waals surface area contributed by atoms with Crippen molar-refractivity contribution in [2.75, 3.05) is 0 Å². The summed E-state index contributed by atoms with van der Waals surface area (Å²) in [4.78, 5) is 0. The predicted octanol–water partition coefficient (Wildman–Crippen LogP) is 1.53. The predicted molar refractivity (Wildman–Crippen MR) is 31.4 cm³/mol. The SMILES string of the molecule is C/C(C=N)=C/C(=N)F. The van der Waals surface area contributed by atoms with Crippen LogP contribution in [0.25, 0.3) is 0 Å². The first-order chi connectivity index (χ1) is 3.66.